The molecule has 1 heterocycles. The second-order valence-corrected chi connectivity index (χ2v) is 3.53. The monoisotopic (exact) mass is 207 g/mol. The molecule has 1 aromatic carbocycles. The molecular formula is C10H10ClN3. The molecule has 0 unspecified atom stereocenters. The second-order valence-electron chi connectivity index (χ2n) is 3.13. The molecule has 0 atom stereocenters. The highest BCUT2D eigenvalue weighted by Gasteiger charge is 2.10. The van der Waals surface area contributed by atoms with Crippen molar-refractivity contribution in [3.8, 4) is 11.3 Å². The van der Waals surface area contributed by atoms with Crippen molar-refractivity contribution in [1.29, 1.82) is 0 Å². The summed E-state index contributed by atoms with van der Waals surface area (Å²) in [6.07, 6.45) is 0. The molecule has 0 saturated heterocycles. The van der Waals surface area contributed by atoms with E-state index >= 15 is 0 Å². The quantitative estimate of drug-likeness (QED) is 0.719. The molecule has 0 radical (unpaired) electrons. The van der Waals surface area contributed by atoms with Gasteiger partial charge in [0.1, 0.15) is 5.69 Å². The Morgan fingerprint density at radius 1 is 1.29 bits per heavy atom. The Balaban J connectivity index is 2.60. The van der Waals surface area contributed by atoms with Crippen LogP contribution >= 0.6 is 11.6 Å². The molecule has 0 aliphatic rings. The molecule has 0 fully saturated rings. The molecule has 0 amide bonds. The van der Waals surface area contributed by atoms with Gasteiger partial charge in [0.25, 0.3) is 0 Å². The molecular weight excluding hydrogens is 198 g/mol. The summed E-state index contributed by atoms with van der Waals surface area (Å²) < 4.78 is 1.73. The van der Waals surface area contributed by atoms with Gasteiger partial charge in [-0.15, -0.1) is 5.10 Å². The van der Waals surface area contributed by atoms with Gasteiger partial charge in [-0.25, -0.2) is 0 Å². The molecule has 0 aliphatic heterocycles. The van der Waals surface area contributed by atoms with Crippen LogP contribution in [0.25, 0.3) is 11.3 Å². The first kappa shape index (κ1) is 9.21. The van der Waals surface area contributed by atoms with Crippen LogP contribution in [0, 0.1) is 6.92 Å². The van der Waals surface area contributed by atoms with Crippen LogP contribution in [0.1, 0.15) is 5.69 Å². The molecule has 2 aromatic rings. The minimum Gasteiger partial charge on any atom is -0.252 e. The van der Waals surface area contributed by atoms with Gasteiger partial charge in [-0.2, -0.15) is 0 Å². The third-order valence-corrected chi connectivity index (χ3v) is 2.57. The van der Waals surface area contributed by atoms with Crippen molar-refractivity contribution in [2.24, 2.45) is 7.05 Å². The van der Waals surface area contributed by atoms with Gasteiger partial charge in [0, 0.05) is 12.6 Å². The van der Waals surface area contributed by atoms with Crippen LogP contribution in [0.3, 0.4) is 0 Å². The van der Waals surface area contributed by atoms with E-state index in [-0.39, 0.29) is 0 Å². The molecule has 0 bridgehead atoms. The lowest BCUT2D eigenvalue weighted by molar-refractivity contribution is 0.696. The Kier molecular flexibility index (Phi) is 2.25. The Labute approximate surface area is 87.3 Å². The lowest BCUT2D eigenvalue weighted by atomic mass is 10.1. The van der Waals surface area contributed by atoms with Gasteiger partial charge in [0.05, 0.1) is 10.7 Å². The first-order valence-corrected chi connectivity index (χ1v) is 4.69. The minimum atomic E-state index is 0.705. The maximum Gasteiger partial charge on any atom is 0.117 e. The molecule has 0 saturated carbocycles. The molecule has 2 rings (SSSR count). The Morgan fingerprint density at radius 2 is 2.00 bits per heavy atom. The van der Waals surface area contributed by atoms with Crippen molar-refractivity contribution in [1.82, 2.24) is 15.0 Å². The summed E-state index contributed by atoms with van der Waals surface area (Å²) in [6, 6.07) is 7.64. The third kappa shape index (κ3) is 1.40. The Morgan fingerprint density at radius 3 is 2.57 bits per heavy atom. The maximum absolute atomic E-state index is 6.06. The van der Waals surface area contributed by atoms with Crippen molar-refractivity contribution < 1.29 is 0 Å². The molecule has 3 nitrogen and oxygen atoms in total. The number of aromatic nitrogens is 3. The van der Waals surface area contributed by atoms with Crippen LogP contribution in [0.4, 0.5) is 0 Å². The fourth-order valence-electron chi connectivity index (χ4n) is 1.31. The molecule has 0 aliphatic carbocycles. The predicted molar refractivity (Wildman–Crippen MR) is 56.2 cm³/mol. The number of rotatable bonds is 1. The van der Waals surface area contributed by atoms with Crippen LogP contribution in [0.15, 0.2) is 24.3 Å². The molecule has 0 spiro atoms. The van der Waals surface area contributed by atoms with Crippen LogP contribution < -0.4 is 0 Å². The van der Waals surface area contributed by atoms with Crippen molar-refractivity contribution in [3.05, 3.63) is 35.0 Å². The van der Waals surface area contributed by atoms with Crippen molar-refractivity contribution >= 4 is 11.6 Å². The molecule has 1 aromatic heterocycles. The zero-order valence-corrected chi connectivity index (χ0v) is 8.78. The SMILES string of the molecule is Cc1c(-c2ccccc2Cl)nnn1C. The largest absolute Gasteiger partial charge is 0.252 e. The summed E-state index contributed by atoms with van der Waals surface area (Å²) in [7, 11) is 1.86. The summed E-state index contributed by atoms with van der Waals surface area (Å²) in [6.45, 7) is 1.97. The smallest absolute Gasteiger partial charge is 0.117 e. The standard InChI is InChI=1S/C10H10ClN3/c1-7-10(12-13-14(7)2)8-5-3-4-6-9(8)11/h3-6H,1-2H3. The average Bonchev–Trinajstić information content (AvgIpc) is 2.49. The van der Waals surface area contributed by atoms with Crippen LogP contribution in [0.2, 0.25) is 5.02 Å². The summed E-state index contributed by atoms with van der Waals surface area (Å²) in [5.74, 6) is 0. The fraction of sp³-hybridized carbons (Fsp3) is 0.200. The zero-order chi connectivity index (χ0) is 10.1. The first-order valence-electron chi connectivity index (χ1n) is 4.31. The van der Waals surface area contributed by atoms with E-state index in [0.717, 1.165) is 17.0 Å². The number of hydrogen-bond acceptors (Lipinski definition) is 2. The predicted octanol–water partition coefficient (Wildman–Crippen LogP) is 2.44. The van der Waals surface area contributed by atoms with Gasteiger partial charge in [-0.3, -0.25) is 4.68 Å². The van der Waals surface area contributed by atoms with Crippen LogP contribution in [0.5, 0.6) is 0 Å². The number of aryl methyl sites for hydroxylation is 1. The first-order chi connectivity index (χ1) is 6.70. The third-order valence-electron chi connectivity index (χ3n) is 2.24. The number of hydrogen-bond donors (Lipinski definition) is 0. The zero-order valence-electron chi connectivity index (χ0n) is 8.03. The maximum atomic E-state index is 6.06. The van der Waals surface area contributed by atoms with Crippen molar-refractivity contribution in [3.63, 3.8) is 0 Å². The molecule has 14 heavy (non-hydrogen) atoms. The van der Waals surface area contributed by atoms with E-state index in [0.29, 0.717) is 5.02 Å². The summed E-state index contributed by atoms with van der Waals surface area (Å²) in [5.41, 5.74) is 2.79. The van der Waals surface area contributed by atoms with Gasteiger partial charge in [0.15, 0.2) is 0 Å². The number of nitrogens with zero attached hydrogens (tertiary/aromatic N) is 3. The highest BCUT2D eigenvalue weighted by atomic mass is 35.5. The van der Waals surface area contributed by atoms with E-state index in [9.17, 15) is 0 Å². The van der Waals surface area contributed by atoms with Gasteiger partial charge < -0.3 is 0 Å². The lowest BCUT2D eigenvalue weighted by Crippen LogP contribution is -1.92. The van der Waals surface area contributed by atoms with Gasteiger partial charge in [0.2, 0.25) is 0 Å². The van der Waals surface area contributed by atoms with Gasteiger partial charge >= 0.3 is 0 Å². The molecule has 0 N–H and O–H groups in total. The average molecular weight is 208 g/mol. The number of halogens is 1. The van der Waals surface area contributed by atoms with E-state index in [1.165, 1.54) is 0 Å². The second kappa shape index (κ2) is 3.42. The summed E-state index contributed by atoms with van der Waals surface area (Å²) in [5, 5.41) is 8.72. The van der Waals surface area contributed by atoms with Gasteiger partial charge in [-0.05, 0) is 13.0 Å². The Hall–Kier alpha value is -1.35. The summed E-state index contributed by atoms with van der Waals surface area (Å²) in [4.78, 5) is 0. The van der Waals surface area contributed by atoms with E-state index in [2.05, 4.69) is 10.3 Å². The Bertz CT molecular complexity index is 462. The topological polar surface area (TPSA) is 30.7 Å². The highest BCUT2D eigenvalue weighted by Crippen LogP contribution is 2.27. The van der Waals surface area contributed by atoms with Crippen molar-refractivity contribution in [2.45, 2.75) is 6.92 Å². The van der Waals surface area contributed by atoms with E-state index in [4.69, 9.17) is 11.6 Å². The molecule has 72 valence electrons. The minimum absolute atomic E-state index is 0.705. The van der Waals surface area contributed by atoms with E-state index < -0.39 is 0 Å². The van der Waals surface area contributed by atoms with E-state index in [1.54, 1.807) is 4.68 Å². The van der Waals surface area contributed by atoms with Gasteiger partial charge in [-0.1, -0.05) is 35.0 Å². The van der Waals surface area contributed by atoms with Crippen LogP contribution in [-0.4, -0.2) is 15.0 Å². The van der Waals surface area contributed by atoms with Crippen LogP contribution in [-0.2, 0) is 7.05 Å². The lowest BCUT2D eigenvalue weighted by Gasteiger charge is -2.00. The number of benzene rings is 1. The summed E-state index contributed by atoms with van der Waals surface area (Å²) >= 11 is 6.06. The fourth-order valence-corrected chi connectivity index (χ4v) is 1.53. The van der Waals surface area contributed by atoms with Crippen molar-refractivity contribution in [2.75, 3.05) is 0 Å². The molecule has 4 heteroatoms. The van der Waals surface area contributed by atoms with E-state index in [1.807, 2.05) is 38.2 Å². The normalized spacial score (nSPS) is 10.5. The highest BCUT2D eigenvalue weighted by molar-refractivity contribution is 6.33.